The first-order valence-corrected chi connectivity index (χ1v) is 7.14. The maximum absolute atomic E-state index is 12.1. The molecule has 0 aromatic carbocycles. The van der Waals surface area contributed by atoms with Crippen molar-refractivity contribution in [1.82, 2.24) is 5.32 Å². The Bertz CT molecular complexity index is 500. The van der Waals surface area contributed by atoms with Gasteiger partial charge in [-0.05, 0) is 25.3 Å². The van der Waals surface area contributed by atoms with Crippen molar-refractivity contribution in [3.8, 4) is 11.8 Å². The fraction of sp³-hybridized carbons (Fsp3) is 0.500. The molecule has 1 fully saturated rings. The topological polar surface area (TPSA) is 58.6 Å². The van der Waals surface area contributed by atoms with E-state index in [-0.39, 0.29) is 24.7 Å². The first kappa shape index (κ1) is 14.1. The summed E-state index contributed by atoms with van der Waals surface area (Å²) in [5.41, 5.74) is 0.619. The van der Waals surface area contributed by atoms with E-state index < -0.39 is 0 Å². The number of hydrogen-bond donors (Lipinski definition) is 2. The first-order valence-electron chi connectivity index (χ1n) is 6.26. The van der Waals surface area contributed by atoms with Gasteiger partial charge in [0.1, 0.15) is 6.61 Å². The molecule has 0 spiro atoms. The van der Waals surface area contributed by atoms with Crippen LogP contribution in [0, 0.1) is 11.8 Å². The highest BCUT2D eigenvalue weighted by atomic mass is 32.1. The third kappa shape index (κ3) is 3.57. The lowest BCUT2D eigenvalue weighted by Crippen LogP contribution is -2.40. The molecule has 1 aromatic rings. The predicted octanol–water partition coefficient (Wildman–Crippen LogP) is 1.39. The Morgan fingerprint density at radius 1 is 1.63 bits per heavy atom. The summed E-state index contributed by atoms with van der Waals surface area (Å²) >= 11 is 1.41. The van der Waals surface area contributed by atoms with Crippen molar-refractivity contribution in [2.75, 3.05) is 13.7 Å². The standard InChI is InChI=1S/C14H17NO3S/c1-18-13-6-2-5-12(13)15-14(17)10-8-11(19-9-10)4-3-7-16/h8-9,12-13,16H,2,5-7H2,1H3,(H,15,17). The van der Waals surface area contributed by atoms with Gasteiger partial charge < -0.3 is 15.2 Å². The second kappa shape index (κ2) is 6.71. The molecule has 1 aliphatic carbocycles. The van der Waals surface area contributed by atoms with Crippen LogP contribution in [0.15, 0.2) is 11.4 Å². The number of nitrogens with one attached hydrogen (secondary N) is 1. The molecule has 0 aliphatic heterocycles. The van der Waals surface area contributed by atoms with Crippen LogP contribution in [-0.4, -0.2) is 36.9 Å². The largest absolute Gasteiger partial charge is 0.384 e. The Kier molecular flexibility index (Phi) is 4.97. The highest BCUT2D eigenvalue weighted by molar-refractivity contribution is 7.10. The van der Waals surface area contributed by atoms with Gasteiger partial charge >= 0.3 is 0 Å². The Hall–Kier alpha value is -1.35. The van der Waals surface area contributed by atoms with Crippen molar-refractivity contribution < 1.29 is 14.6 Å². The second-order valence-electron chi connectivity index (χ2n) is 4.44. The number of aliphatic hydroxyl groups excluding tert-OH is 1. The van der Waals surface area contributed by atoms with Crippen LogP contribution >= 0.6 is 11.3 Å². The van der Waals surface area contributed by atoms with Crippen molar-refractivity contribution >= 4 is 17.2 Å². The van der Waals surface area contributed by atoms with E-state index in [1.165, 1.54) is 11.3 Å². The van der Waals surface area contributed by atoms with Crippen LogP contribution in [0.4, 0.5) is 0 Å². The third-order valence-corrected chi connectivity index (χ3v) is 4.07. The van der Waals surface area contributed by atoms with Crippen molar-refractivity contribution in [1.29, 1.82) is 0 Å². The van der Waals surface area contributed by atoms with Crippen LogP contribution in [0.5, 0.6) is 0 Å². The van der Waals surface area contributed by atoms with Gasteiger partial charge in [0.15, 0.2) is 0 Å². The number of hydrogen-bond acceptors (Lipinski definition) is 4. The smallest absolute Gasteiger partial charge is 0.252 e. The normalized spacial score (nSPS) is 21.8. The molecule has 1 heterocycles. The summed E-state index contributed by atoms with van der Waals surface area (Å²) in [5.74, 6) is 5.29. The summed E-state index contributed by atoms with van der Waals surface area (Å²) in [7, 11) is 1.68. The molecule has 0 radical (unpaired) electrons. The summed E-state index contributed by atoms with van der Waals surface area (Å²) in [6.07, 6.45) is 3.17. The molecule has 102 valence electrons. The van der Waals surface area contributed by atoms with Gasteiger partial charge in [-0.25, -0.2) is 0 Å². The van der Waals surface area contributed by atoms with Crippen molar-refractivity contribution in [3.05, 3.63) is 21.9 Å². The zero-order valence-electron chi connectivity index (χ0n) is 10.8. The quantitative estimate of drug-likeness (QED) is 0.822. The molecule has 1 amide bonds. The average Bonchev–Trinajstić information content (AvgIpc) is 3.04. The van der Waals surface area contributed by atoms with E-state index >= 15 is 0 Å². The molecule has 4 nitrogen and oxygen atoms in total. The molecule has 2 atom stereocenters. The van der Waals surface area contributed by atoms with Gasteiger partial charge in [-0.15, -0.1) is 11.3 Å². The van der Waals surface area contributed by atoms with Crippen LogP contribution in [0.25, 0.3) is 0 Å². The molecule has 5 heteroatoms. The monoisotopic (exact) mass is 279 g/mol. The molecular formula is C14H17NO3S. The molecule has 1 aromatic heterocycles. The van der Waals surface area contributed by atoms with Gasteiger partial charge in [0.05, 0.1) is 22.6 Å². The molecular weight excluding hydrogens is 262 g/mol. The van der Waals surface area contributed by atoms with Crippen molar-refractivity contribution in [2.45, 2.75) is 31.4 Å². The molecule has 0 bridgehead atoms. The van der Waals surface area contributed by atoms with Crippen LogP contribution in [0.3, 0.4) is 0 Å². The van der Waals surface area contributed by atoms with E-state index in [1.807, 2.05) is 0 Å². The maximum Gasteiger partial charge on any atom is 0.252 e. The van der Waals surface area contributed by atoms with E-state index in [1.54, 1.807) is 18.6 Å². The summed E-state index contributed by atoms with van der Waals surface area (Å²) in [5, 5.41) is 13.4. The van der Waals surface area contributed by atoms with E-state index in [4.69, 9.17) is 9.84 Å². The predicted molar refractivity (Wildman–Crippen MR) is 74.2 cm³/mol. The minimum Gasteiger partial charge on any atom is -0.384 e. The highest BCUT2D eigenvalue weighted by Crippen LogP contribution is 2.22. The number of aliphatic hydroxyl groups is 1. The van der Waals surface area contributed by atoms with Gasteiger partial charge in [0.2, 0.25) is 0 Å². The SMILES string of the molecule is COC1CCCC1NC(=O)c1csc(C#CCO)c1. The Morgan fingerprint density at radius 3 is 3.21 bits per heavy atom. The summed E-state index contributed by atoms with van der Waals surface area (Å²) in [6, 6.07) is 1.85. The summed E-state index contributed by atoms with van der Waals surface area (Å²) in [6.45, 7) is -0.170. The summed E-state index contributed by atoms with van der Waals surface area (Å²) in [4.78, 5) is 12.9. The minimum absolute atomic E-state index is 0.0813. The van der Waals surface area contributed by atoms with E-state index in [9.17, 15) is 4.79 Å². The van der Waals surface area contributed by atoms with E-state index in [2.05, 4.69) is 17.2 Å². The number of ether oxygens (including phenoxy) is 1. The number of thiophene rings is 1. The van der Waals surface area contributed by atoms with Gasteiger partial charge in [0.25, 0.3) is 5.91 Å². The third-order valence-electron chi connectivity index (χ3n) is 3.22. The number of methoxy groups -OCH3 is 1. The molecule has 2 N–H and O–H groups in total. The number of rotatable bonds is 3. The lowest BCUT2D eigenvalue weighted by Gasteiger charge is -2.19. The Morgan fingerprint density at radius 2 is 2.47 bits per heavy atom. The molecule has 2 unspecified atom stereocenters. The lowest BCUT2D eigenvalue weighted by molar-refractivity contribution is 0.0722. The van der Waals surface area contributed by atoms with E-state index in [0.717, 1.165) is 24.1 Å². The average molecular weight is 279 g/mol. The van der Waals surface area contributed by atoms with Crippen LogP contribution in [0.2, 0.25) is 0 Å². The molecule has 2 rings (SSSR count). The second-order valence-corrected chi connectivity index (χ2v) is 5.36. The zero-order valence-corrected chi connectivity index (χ0v) is 11.6. The van der Waals surface area contributed by atoms with Crippen LogP contribution < -0.4 is 5.32 Å². The van der Waals surface area contributed by atoms with Gasteiger partial charge in [-0.2, -0.15) is 0 Å². The Balaban J connectivity index is 1.98. The van der Waals surface area contributed by atoms with Crippen molar-refractivity contribution in [2.24, 2.45) is 0 Å². The summed E-state index contributed by atoms with van der Waals surface area (Å²) < 4.78 is 5.36. The number of carbonyl (C=O) groups is 1. The maximum atomic E-state index is 12.1. The number of carbonyl (C=O) groups excluding carboxylic acids is 1. The Labute approximate surface area is 116 Å². The molecule has 1 saturated carbocycles. The lowest BCUT2D eigenvalue weighted by atomic mass is 10.2. The van der Waals surface area contributed by atoms with Gasteiger partial charge in [-0.3, -0.25) is 4.79 Å². The fourth-order valence-corrected chi connectivity index (χ4v) is 3.03. The first-order chi connectivity index (χ1) is 9.24. The molecule has 19 heavy (non-hydrogen) atoms. The van der Waals surface area contributed by atoms with Crippen molar-refractivity contribution in [3.63, 3.8) is 0 Å². The van der Waals surface area contributed by atoms with Crippen LogP contribution in [-0.2, 0) is 4.74 Å². The van der Waals surface area contributed by atoms with Gasteiger partial charge in [-0.1, -0.05) is 11.8 Å². The zero-order chi connectivity index (χ0) is 13.7. The highest BCUT2D eigenvalue weighted by Gasteiger charge is 2.28. The van der Waals surface area contributed by atoms with E-state index in [0.29, 0.717) is 5.56 Å². The fourth-order valence-electron chi connectivity index (χ4n) is 2.27. The number of amides is 1. The minimum atomic E-state index is -0.170. The van der Waals surface area contributed by atoms with Crippen LogP contribution in [0.1, 0.15) is 34.5 Å². The van der Waals surface area contributed by atoms with Gasteiger partial charge in [0, 0.05) is 12.5 Å². The molecule has 0 saturated heterocycles. The molecule has 1 aliphatic rings.